The lowest BCUT2D eigenvalue weighted by atomic mass is 10.2. The molecule has 2 rings (SSSR count). The Morgan fingerprint density at radius 1 is 1.26 bits per heavy atom. The molecule has 0 bridgehead atoms. The van der Waals surface area contributed by atoms with Crippen molar-refractivity contribution < 1.29 is 23.5 Å². The lowest BCUT2D eigenvalue weighted by molar-refractivity contribution is -0.118. The van der Waals surface area contributed by atoms with Gasteiger partial charge >= 0.3 is 5.97 Å². The van der Waals surface area contributed by atoms with E-state index in [1.165, 1.54) is 30.6 Å². The Kier molecular flexibility index (Phi) is 5.70. The fraction of sp³-hybridized carbons (Fsp3) is 0.312. The third kappa shape index (κ3) is 4.79. The highest BCUT2D eigenvalue weighted by Gasteiger charge is 2.16. The number of thiophene rings is 1. The Balaban J connectivity index is 1.84. The second kappa shape index (κ2) is 7.73. The van der Waals surface area contributed by atoms with Crippen molar-refractivity contribution in [3.8, 4) is 0 Å². The summed E-state index contributed by atoms with van der Waals surface area (Å²) in [7, 11) is 0. The van der Waals surface area contributed by atoms with Gasteiger partial charge in [0, 0.05) is 18.3 Å². The van der Waals surface area contributed by atoms with Gasteiger partial charge in [-0.3, -0.25) is 9.59 Å². The molecule has 0 fully saturated rings. The van der Waals surface area contributed by atoms with E-state index < -0.39 is 5.97 Å². The van der Waals surface area contributed by atoms with Crippen LogP contribution in [-0.2, 0) is 16.0 Å². The van der Waals surface area contributed by atoms with E-state index in [9.17, 15) is 14.4 Å². The summed E-state index contributed by atoms with van der Waals surface area (Å²) in [5.41, 5.74) is 0.319. The van der Waals surface area contributed by atoms with E-state index in [4.69, 9.17) is 9.15 Å². The minimum absolute atomic E-state index is 0.0840. The van der Waals surface area contributed by atoms with E-state index in [2.05, 4.69) is 5.32 Å². The van der Waals surface area contributed by atoms with Crippen molar-refractivity contribution in [1.29, 1.82) is 0 Å². The van der Waals surface area contributed by atoms with Gasteiger partial charge in [0.15, 0.2) is 6.61 Å². The van der Waals surface area contributed by atoms with Crippen LogP contribution in [0.4, 0.5) is 0 Å². The van der Waals surface area contributed by atoms with E-state index in [1.807, 2.05) is 6.07 Å². The number of Topliss-reactive ketones (excluding diaryl/α,β-unsaturated/α-hetero) is 1. The smallest absolute Gasteiger partial charge is 0.342 e. The second-order valence-electron chi connectivity index (χ2n) is 4.89. The Morgan fingerprint density at radius 3 is 2.70 bits per heavy atom. The molecular formula is C16H17NO5S. The summed E-state index contributed by atoms with van der Waals surface area (Å²) in [5.74, 6) is -0.458. The van der Waals surface area contributed by atoms with Gasteiger partial charge in [-0.25, -0.2) is 4.79 Å². The first-order chi connectivity index (χ1) is 11.0. The van der Waals surface area contributed by atoms with Crippen LogP contribution in [-0.4, -0.2) is 30.8 Å². The molecule has 7 heteroatoms. The lowest BCUT2D eigenvalue weighted by Crippen LogP contribution is -2.22. The average Bonchev–Trinajstić information content (AvgIpc) is 3.13. The molecule has 0 saturated heterocycles. The maximum Gasteiger partial charge on any atom is 0.342 e. The molecule has 0 atom stereocenters. The van der Waals surface area contributed by atoms with Gasteiger partial charge in [-0.2, -0.15) is 0 Å². The number of ether oxygens (including phenoxy) is 1. The van der Waals surface area contributed by atoms with E-state index >= 15 is 0 Å². The number of aryl methyl sites for hydroxylation is 1. The van der Waals surface area contributed by atoms with Crippen molar-refractivity contribution >= 4 is 29.0 Å². The monoisotopic (exact) mass is 335 g/mol. The number of carbonyl (C=O) groups is 3. The van der Waals surface area contributed by atoms with Crippen LogP contribution >= 0.6 is 11.3 Å². The molecular weight excluding hydrogens is 318 g/mol. The molecule has 23 heavy (non-hydrogen) atoms. The number of hydrogen-bond acceptors (Lipinski definition) is 6. The Labute approximate surface area is 137 Å². The first-order valence-electron chi connectivity index (χ1n) is 7.05. The summed E-state index contributed by atoms with van der Waals surface area (Å²) in [6.07, 6.45) is 2.06. The predicted molar refractivity (Wildman–Crippen MR) is 84.8 cm³/mol. The van der Waals surface area contributed by atoms with Gasteiger partial charge < -0.3 is 14.5 Å². The Hall–Kier alpha value is -2.41. The SMILES string of the molecule is CC(=O)NCCc1ccc(C(=O)COC(=O)c2ccoc2C)s1. The highest BCUT2D eigenvalue weighted by Crippen LogP contribution is 2.18. The molecule has 0 aliphatic rings. The lowest BCUT2D eigenvalue weighted by Gasteiger charge is -2.02. The van der Waals surface area contributed by atoms with Crippen LogP contribution in [0.25, 0.3) is 0 Å². The van der Waals surface area contributed by atoms with Crippen molar-refractivity contribution in [2.24, 2.45) is 0 Å². The zero-order chi connectivity index (χ0) is 16.8. The number of esters is 1. The zero-order valence-electron chi connectivity index (χ0n) is 12.9. The van der Waals surface area contributed by atoms with E-state index in [1.54, 1.807) is 13.0 Å². The highest BCUT2D eigenvalue weighted by molar-refractivity contribution is 7.14. The number of ketones is 1. The van der Waals surface area contributed by atoms with Gasteiger partial charge in [0.2, 0.25) is 11.7 Å². The Bertz CT molecular complexity index is 716. The van der Waals surface area contributed by atoms with E-state index in [-0.39, 0.29) is 18.3 Å². The third-order valence-electron chi connectivity index (χ3n) is 3.09. The van der Waals surface area contributed by atoms with Crippen molar-refractivity contribution in [3.05, 3.63) is 45.5 Å². The largest absolute Gasteiger partial charge is 0.469 e. The van der Waals surface area contributed by atoms with Crippen LogP contribution in [0.2, 0.25) is 0 Å². The van der Waals surface area contributed by atoms with Crippen LogP contribution in [0.5, 0.6) is 0 Å². The van der Waals surface area contributed by atoms with Gasteiger partial charge in [-0.1, -0.05) is 0 Å². The quantitative estimate of drug-likeness (QED) is 0.620. The molecule has 2 aromatic rings. The van der Waals surface area contributed by atoms with Crippen LogP contribution in [0.3, 0.4) is 0 Å². The first kappa shape index (κ1) is 17.0. The molecule has 2 heterocycles. The summed E-state index contributed by atoms with van der Waals surface area (Å²) in [4.78, 5) is 36.2. The summed E-state index contributed by atoms with van der Waals surface area (Å²) >= 11 is 1.33. The molecule has 2 aromatic heterocycles. The highest BCUT2D eigenvalue weighted by atomic mass is 32.1. The van der Waals surface area contributed by atoms with Crippen LogP contribution in [0.1, 0.15) is 37.6 Å². The van der Waals surface area contributed by atoms with Crippen molar-refractivity contribution in [2.75, 3.05) is 13.2 Å². The second-order valence-corrected chi connectivity index (χ2v) is 6.06. The van der Waals surface area contributed by atoms with Gasteiger partial charge in [0.1, 0.15) is 11.3 Å². The number of amides is 1. The van der Waals surface area contributed by atoms with Crippen LogP contribution in [0.15, 0.2) is 28.9 Å². The fourth-order valence-electron chi connectivity index (χ4n) is 1.90. The van der Waals surface area contributed by atoms with Crippen molar-refractivity contribution in [2.45, 2.75) is 20.3 Å². The van der Waals surface area contributed by atoms with Gasteiger partial charge in [-0.05, 0) is 31.5 Å². The molecule has 0 aliphatic carbocycles. The average molecular weight is 335 g/mol. The van der Waals surface area contributed by atoms with Crippen LogP contribution < -0.4 is 5.32 Å². The number of hydrogen-bond donors (Lipinski definition) is 1. The topological polar surface area (TPSA) is 85.6 Å². The molecule has 1 amide bonds. The molecule has 0 radical (unpaired) electrons. The zero-order valence-corrected chi connectivity index (χ0v) is 13.7. The van der Waals surface area contributed by atoms with Crippen molar-refractivity contribution in [1.82, 2.24) is 5.32 Å². The van der Waals surface area contributed by atoms with Crippen LogP contribution in [0, 0.1) is 6.92 Å². The molecule has 6 nitrogen and oxygen atoms in total. The molecule has 0 unspecified atom stereocenters. The molecule has 0 aromatic carbocycles. The summed E-state index contributed by atoms with van der Waals surface area (Å²) < 4.78 is 10.0. The minimum Gasteiger partial charge on any atom is -0.469 e. The summed E-state index contributed by atoms with van der Waals surface area (Å²) in [5, 5.41) is 2.70. The van der Waals surface area contributed by atoms with E-state index in [0.29, 0.717) is 29.2 Å². The number of rotatable bonds is 7. The predicted octanol–water partition coefficient (Wildman–Crippen LogP) is 2.37. The molecule has 0 spiro atoms. The minimum atomic E-state index is -0.577. The number of carbonyl (C=O) groups excluding carboxylic acids is 3. The standard InChI is InChI=1S/C16H17NO5S/c1-10-13(6-8-21-10)16(20)22-9-14(19)15-4-3-12(23-15)5-7-17-11(2)18/h3-4,6,8H,5,7,9H2,1-2H3,(H,17,18). The van der Waals surface area contributed by atoms with Gasteiger partial charge in [0.25, 0.3) is 0 Å². The summed E-state index contributed by atoms with van der Waals surface area (Å²) in [6, 6.07) is 5.04. The molecule has 0 saturated carbocycles. The molecule has 0 aliphatic heterocycles. The maximum absolute atomic E-state index is 12.0. The van der Waals surface area contributed by atoms with Gasteiger partial charge in [-0.15, -0.1) is 11.3 Å². The normalized spacial score (nSPS) is 10.3. The Morgan fingerprint density at radius 2 is 2.04 bits per heavy atom. The molecule has 122 valence electrons. The first-order valence-corrected chi connectivity index (χ1v) is 7.86. The maximum atomic E-state index is 12.0. The molecule has 1 N–H and O–H groups in total. The fourth-order valence-corrected chi connectivity index (χ4v) is 2.83. The number of furan rings is 1. The van der Waals surface area contributed by atoms with Gasteiger partial charge in [0.05, 0.1) is 11.1 Å². The van der Waals surface area contributed by atoms with E-state index in [0.717, 1.165) is 4.88 Å². The number of nitrogens with one attached hydrogen (secondary N) is 1. The summed E-state index contributed by atoms with van der Waals surface area (Å²) in [6.45, 7) is 3.33. The van der Waals surface area contributed by atoms with Crippen molar-refractivity contribution in [3.63, 3.8) is 0 Å². The third-order valence-corrected chi connectivity index (χ3v) is 4.28.